The van der Waals surface area contributed by atoms with Gasteiger partial charge < -0.3 is 19.9 Å². The molecule has 0 amide bonds. The van der Waals surface area contributed by atoms with Gasteiger partial charge in [-0.3, -0.25) is 4.68 Å². The van der Waals surface area contributed by atoms with E-state index in [1.807, 2.05) is 13.1 Å². The van der Waals surface area contributed by atoms with Crippen molar-refractivity contribution in [2.24, 2.45) is 0 Å². The highest BCUT2D eigenvalue weighted by Gasteiger charge is 2.03. The molecule has 2 N–H and O–H groups in total. The van der Waals surface area contributed by atoms with Crippen LogP contribution in [-0.4, -0.2) is 65.7 Å². The number of aliphatic hydroxyl groups excluding tert-OH is 1. The van der Waals surface area contributed by atoms with E-state index in [4.69, 9.17) is 9.47 Å². The summed E-state index contributed by atoms with van der Waals surface area (Å²) in [5.74, 6) is 0. The van der Waals surface area contributed by atoms with Gasteiger partial charge in [-0.05, 0) is 19.9 Å². The van der Waals surface area contributed by atoms with Gasteiger partial charge in [-0.25, -0.2) is 0 Å². The van der Waals surface area contributed by atoms with Crippen LogP contribution in [0.4, 0.5) is 0 Å². The molecule has 0 saturated carbocycles. The Bertz CT molecular complexity index is 295. The van der Waals surface area contributed by atoms with Crippen molar-refractivity contribution in [3.05, 3.63) is 12.4 Å². The number of nitrogens with zero attached hydrogens (tertiary/aromatic N) is 3. The maximum atomic E-state index is 9.63. The van der Waals surface area contributed by atoms with E-state index in [0.717, 1.165) is 19.5 Å². The summed E-state index contributed by atoms with van der Waals surface area (Å²) in [7, 11) is 0. The summed E-state index contributed by atoms with van der Waals surface area (Å²) in [6, 6.07) is 0. The Morgan fingerprint density at radius 1 is 1.37 bits per heavy atom. The Labute approximate surface area is 113 Å². The maximum absolute atomic E-state index is 9.63. The van der Waals surface area contributed by atoms with E-state index in [9.17, 15) is 5.11 Å². The molecule has 19 heavy (non-hydrogen) atoms. The van der Waals surface area contributed by atoms with E-state index in [0.29, 0.717) is 33.0 Å². The third-order valence-corrected chi connectivity index (χ3v) is 2.48. The Morgan fingerprint density at radius 2 is 2.21 bits per heavy atom. The molecular formula is C12H24N4O3. The fourth-order valence-corrected chi connectivity index (χ4v) is 1.53. The van der Waals surface area contributed by atoms with Gasteiger partial charge in [-0.2, -0.15) is 0 Å². The standard InChI is InChI=1S/C12H24N4O3/c1-2-18-8-9-19-11-12(17)10-13-4-3-6-16-7-5-14-15-16/h5,7,12-13,17H,2-4,6,8-11H2,1H3. The molecule has 0 saturated heterocycles. The summed E-state index contributed by atoms with van der Waals surface area (Å²) >= 11 is 0. The summed E-state index contributed by atoms with van der Waals surface area (Å²) in [5.41, 5.74) is 0. The van der Waals surface area contributed by atoms with Crippen molar-refractivity contribution in [3.63, 3.8) is 0 Å². The predicted octanol–water partition coefficient (Wildman–Crippen LogP) is -0.328. The van der Waals surface area contributed by atoms with E-state index < -0.39 is 6.10 Å². The highest BCUT2D eigenvalue weighted by atomic mass is 16.5. The molecule has 110 valence electrons. The van der Waals surface area contributed by atoms with Crippen LogP contribution in [0.1, 0.15) is 13.3 Å². The van der Waals surface area contributed by atoms with Gasteiger partial charge in [0.2, 0.25) is 0 Å². The van der Waals surface area contributed by atoms with Crippen molar-refractivity contribution < 1.29 is 14.6 Å². The number of hydrogen-bond acceptors (Lipinski definition) is 6. The van der Waals surface area contributed by atoms with Gasteiger partial charge in [0.15, 0.2) is 0 Å². The zero-order chi connectivity index (χ0) is 13.8. The van der Waals surface area contributed by atoms with Gasteiger partial charge in [-0.1, -0.05) is 5.21 Å². The molecule has 1 aromatic rings. The molecule has 1 aromatic heterocycles. The normalized spacial score (nSPS) is 12.7. The molecular weight excluding hydrogens is 248 g/mol. The van der Waals surface area contributed by atoms with Crippen LogP contribution in [0.15, 0.2) is 12.4 Å². The summed E-state index contributed by atoms with van der Waals surface area (Å²) in [6.07, 6.45) is 3.96. The number of hydrogen-bond donors (Lipinski definition) is 2. The van der Waals surface area contributed by atoms with Crippen LogP contribution in [0.5, 0.6) is 0 Å². The van der Waals surface area contributed by atoms with Crippen LogP contribution in [0, 0.1) is 0 Å². The highest BCUT2D eigenvalue weighted by molar-refractivity contribution is 4.64. The lowest BCUT2D eigenvalue weighted by Crippen LogP contribution is -2.31. The first-order chi connectivity index (χ1) is 9.33. The van der Waals surface area contributed by atoms with Crippen LogP contribution in [0.25, 0.3) is 0 Å². The molecule has 7 heteroatoms. The molecule has 0 spiro atoms. The van der Waals surface area contributed by atoms with Crippen molar-refractivity contribution in [2.75, 3.05) is 39.5 Å². The van der Waals surface area contributed by atoms with Crippen LogP contribution in [0.3, 0.4) is 0 Å². The average Bonchev–Trinajstić information content (AvgIpc) is 2.91. The third kappa shape index (κ3) is 8.66. The second kappa shape index (κ2) is 10.9. The van der Waals surface area contributed by atoms with Crippen molar-refractivity contribution in [1.82, 2.24) is 20.3 Å². The van der Waals surface area contributed by atoms with Crippen LogP contribution in [-0.2, 0) is 16.0 Å². The number of rotatable bonds is 12. The van der Waals surface area contributed by atoms with Gasteiger partial charge >= 0.3 is 0 Å². The van der Waals surface area contributed by atoms with E-state index in [-0.39, 0.29) is 0 Å². The smallest absolute Gasteiger partial charge is 0.0897 e. The Morgan fingerprint density at radius 3 is 2.95 bits per heavy atom. The largest absolute Gasteiger partial charge is 0.389 e. The van der Waals surface area contributed by atoms with Crippen molar-refractivity contribution in [1.29, 1.82) is 0 Å². The van der Waals surface area contributed by atoms with E-state index in [2.05, 4.69) is 15.6 Å². The number of ether oxygens (including phenoxy) is 2. The van der Waals surface area contributed by atoms with Crippen molar-refractivity contribution in [2.45, 2.75) is 26.0 Å². The minimum absolute atomic E-state index is 0.336. The summed E-state index contributed by atoms with van der Waals surface area (Å²) in [4.78, 5) is 0. The van der Waals surface area contributed by atoms with Gasteiger partial charge in [-0.15, -0.1) is 5.10 Å². The number of aryl methyl sites for hydroxylation is 1. The Kier molecular flexibility index (Phi) is 9.17. The van der Waals surface area contributed by atoms with E-state index >= 15 is 0 Å². The molecule has 0 radical (unpaired) electrons. The second-order valence-electron chi connectivity index (χ2n) is 4.15. The summed E-state index contributed by atoms with van der Waals surface area (Å²) in [5, 5.41) is 20.4. The van der Waals surface area contributed by atoms with Gasteiger partial charge in [0.25, 0.3) is 0 Å². The molecule has 0 aliphatic rings. The summed E-state index contributed by atoms with van der Waals surface area (Å²) in [6.45, 7) is 6.27. The third-order valence-electron chi connectivity index (χ3n) is 2.48. The maximum Gasteiger partial charge on any atom is 0.0897 e. The molecule has 0 aliphatic carbocycles. The average molecular weight is 272 g/mol. The van der Waals surface area contributed by atoms with Crippen LogP contribution < -0.4 is 5.32 Å². The zero-order valence-electron chi connectivity index (χ0n) is 11.5. The van der Waals surface area contributed by atoms with Gasteiger partial charge in [0, 0.05) is 25.9 Å². The topological polar surface area (TPSA) is 81.4 Å². The lowest BCUT2D eigenvalue weighted by atomic mass is 10.3. The first kappa shape index (κ1) is 16.0. The fourth-order valence-electron chi connectivity index (χ4n) is 1.53. The van der Waals surface area contributed by atoms with Crippen LogP contribution >= 0.6 is 0 Å². The first-order valence-electron chi connectivity index (χ1n) is 6.71. The molecule has 1 heterocycles. The first-order valence-corrected chi connectivity index (χ1v) is 6.71. The van der Waals surface area contributed by atoms with E-state index in [1.54, 1.807) is 10.9 Å². The summed E-state index contributed by atoms with van der Waals surface area (Å²) < 4.78 is 12.2. The SMILES string of the molecule is CCOCCOCC(O)CNCCCn1ccnn1. The molecule has 0 bridgehead atoms. The number of aromatic nitrogens is 3. The second-order valence-corrected chi connectivity index (χ2v) is 4.15. The minimum atomic E-state index is -0.479. The number of nitrogens with one attached hydrogen (secondary N) is 1. The highest BCUT2D eigenvalue weighted by Crippen LogP contribution is 1.88. The molecule has 0 aromatic carbocycles. The molecule has 1 unspecified atom stereocenters. The molecule has 7 nitrogen and oxygen atoms in total. The monoisotopic (exact) mass is 272 g/mol. The van der Waals surface area contributed by atoms with Crippen molar-refractivity contribution in [3.8, 4) is 0 Å². The van der Waals surface area contributed by atoms with Crippen LogP contribution in [0.2, 0.25) is 0 Å². The molecule has 1 atom stereocenters. The lowest BCUT2D eigenvalue weighted by molar-refractivity contribution is 0.00654. The predicted molar refractivity (Wildman–Crippen MR) is 70.8 cm³/mol. The van der Waals surface area contributed by atoms with Gasteiger partial charge in [0.05, 0.1) is 32.1 Å². The number of aliphatic hydroxyl groups is 1. The molecule has 0 aliphatic heterocycles. The van der Waals surface area contributed by atoms with Gasteiger partial charge in [0.1, 0.15) is 0 Å². The Balaban J connectivity index is 1.85. The van der Waals surface area contributed by atoms with Crippen molar-refractivity contribution >= 4 is 0 Å². The minimum Gasteiger partial charge on any atom is -0.389 e. The Hall–Kier alpha value is -1.02. The quantitative estimate of drug-likeness (QED) is 0.507. The lowest BCUT2D eigenvalue weighted by Gasteiger charge is -2.12. The fraction of sp³-hybridized carbons (Fsp3) is 0.833. The molecule has 1 rings (SSSR count). The zero-order valence-corrected chi connectivity index (χ0v) is 11.5. The van der Waals surface area contributed by atoms with E-state index in [1.165, 1.54) is 0 Å². The molecule has 0 fully saturated rings.